The van der Waals surface area contributed by atoms with Crippen LogP contribution in [0.1, 0.15) is 5.56 Å². The van der Waals surface area contributed by atoms with Gasteiger partial charge in [-0.15, -0.1) is 12.4 Å². The molecular formula is C14H15Cl2NO. The van der Waals surface area contributed by atoms with Crippen molar-refractivity contribution >= 4 is 29.7 Å². The zero-order valence-electron chi connectivity index (χ0n) is 10.0. The van der Waals surface area contributed by atoms with Gasteiger partial charge in [0.05, 0.1) is 7.11 Å². The average molecular weight is 284 g/mol. The highest BCUT2D eigenvalue weighted by atomic mass is 35.5. The fourth-order valence-corrected chi connectivity index (χ4v) is 1.64. The first-order valence-corrected chi connectivity index (χ1v) is 5.78. The van der Waals surface area contributed by atoms with Crippen LogP contribution in [0, 0.1) is 0 Å². The molecule has 2 aromatic rings. The summed E-state index contributed by atoms with van der Waals surface area (Å²) in [5.74, 6) is 0.863. The maximum absolute atomic E-state index is 5.83. The van der Waals surface area contributed by atoms with Crippen molar-refractivity contribution in [1.82, 2.24) is 0 Å². The van der Waals surface area contributed by atoms with Gasteiger partial charge in [-0.1, -0.05) is 23.7 Å². The zero-order chi connectivity index (χ0) is 12.1. The summed E-state index contributed by atoms with van der Waals surface area (Å²) in [4.78, 5) is 0. The first-order valence-electron chi connectivity index (χ1n) is 5.40. The molecule has 0 aliphatic rings. The minimum atomic E-state index is 0. The molecule has 0 bridgehead atoms. The number of nitrogens with one attached hydrogen (secondary N) is 1. The topological polar surface area (TPSA) is 21.3 Å². The Morgan fingerprint density at radius 1 is 1.00 bits per heavy atom. The van der Waals surface area contributed by atoms with Crippen molar-refractivity contribution in [2.45, 2.75) is 6.54 Å². The molecule has 1 N–H and O–H groups in total. The molecule has 2 nitrogen and oxygen atoms in total. The Morgan fingerprint density at radius 3 is 2.17 bits per heavy atom. The molecule has 0 amide bonds. The Labute approximate surface area is 118 Å². The van der Waals surface area contributed by atoms with Gasteiger partial charge in [0, 0.05) is 17.3 Å². The van der Waals surface area contributed by atoms with E-state index in [4.69, 9.17) is 16.3 Å². The molecular weight excluding hydrogens is 269 g/mol. The molecule has 0 saturated carbocycles. The third-order valence-electron chi connectivity index (χ3n) is 2.50. The molecule has 18 heavy (non-hydrogen) atoms. The van der Waals surface area contributed by atoms with E-state index in [0.29, 0.717) is 0 Å². The molecule has 4 heteroatoms. The first-order chi connectivity index (χ1) is 8.28. The normalized spacial score (nSPS) is 9.44. The van der Waals surface area contributed by atoms with Crippen LogP contribution in [0.2, 0.25) is 5.02 Å². The van der Waals surface area contributed by atoms with Crippen LogP contribution in [0.4, 0.5) is 5.69 Å². The molecule has 0 heterocycles. The molecule has 2 rings (SSSR count). The smallest absolute Gasteiger partial charge is 0.119 e. The molecule has 0 saturated heterocycles. The molecule has 0 atom stereocenters. The largest absolute Gasteiger partial charge is 0.497 e. The Morgan fingerprint density at radius 2 is 1.61 bits per heavy atom. The van der Waals surface area contributed by atoms with E-state index in [1.165, 1.54) is 5.56 Å². The lowest BCUT2D eigenvalue weighted by atomic mass is 10.2. The summed E-state index contributed by atoms with van der Waals surface area (Å²) in [5, 5.41) is 4.10. The monoisotopic (exact) mass is 283 g/mol. The van der Waals surface area contributed by atoms with Crippen molar-refractivity contribution in [2.24, 2.45) is 0 Å². The lowest BCUT2D eigenvalue weighted by Gasteiger charge is -2.07. The van der Waals surface area contributed by atoms with E-state index in [1.807, 2.05) is 48.5 Å². The highest BCUT2D eigenvalue weighted by Gasteiger charge is 1.95. The molecule has 0 spiro atoms. The predicted molar refractivity (Wildman–Crippen MR) is 79.0 cm³/mol. The summed E-state index contributed by atoms with van der Waals surface area (Å²) in [6, 6.07) is 15.7. The highest BCUT2D eigenvalue weighted by Crippen LogP contribution is 2.16. The molecule has 0 aliphatic carbocycles. The number of halogens is 2. The fraction of sp³-hybridized carbons (Fsp3) is 0.143. The van der Waals surface area contributed by atoms with Crippen LogP contribution in [-0.4, -0.2) is 7.11 Å². The second kappa shape index (κ2) is 7.14. The van der Waals surface area contributed by atoms with Gasteiger partial charge in [-0.05, 0) is 42.0 Å². The second-order valence-electron chi connectivity index (χ2n) is 3.71. The number of anilines is 1. The van der Waals surface area contributed by atoms with Crippen molar-refractivity contribution in [3.8, 4) is 5.75 Å². The third-order valence-corrected chi connectivity index (χ3v) is 2.75. The van der Waals surface area contributed by atoms with Gasteiger partial charge in [-0.25, -0.2) is 0 Å². The van der Waals surface area contributed by atoms with Crippen LogP contribution < -0.4 is 10.1 Å². The van der Waals surface area contributed by atoms with Gasteiger partial charge in [0.1, 0.15) is 5.75 Å². The lowest BCUT2D eigenvalue weighted by molar-refractivity contribution is 0.415. The highest BCUT2D eigenvalue weighted by molar-refractivity contribution is 6.30. The standard InChI is InChI=1S/C14H14ClNO.ClH/c1-17-14-8-6-13(7-9-14)16-10-11-2-4-12(15)5-3-11;/h2-9,16H,10H2,1H3;1H. The van der Waals surface area contributed by atoms with Gasteiger partial charge in [0.2, 0.25) is 0 Å². The van der Waals surface area contributed by atoms with Crippen molar-refractivity contribution in [2.75, 3.05) is 12.4 Å². The number of methoxy groups -OCH3 is 1. The van der Waals surface area contributed by atoms with Crippen LogP contribution in [0.25, 0.3) is 0 Å². The quantitative estimate of drug-likeness (QED) is 0.899. The second-order valence-corrected chi connectivity index (χ2v) is 4.14. The molecule has 0 fully saturated rings. The van der Waals surface area contributed by atoms with Crippen LogP contribution in [0.3, 0.4) is 0 Å². The summed E-state index contributed by atoms with van der Waals surface area (Å²) in [6.07, 6.45) is 0. The number of hydrogen-bond acceptors (Lipinski definition) is 2. The van der Waals surface area contributed by atoms with Gasteiger partial charge in [0.15, 0.2) is 0 Å². The van der Waals surface area contributed by atoms with Crippen molar-refractivity contribution < 1.29 is 4.74 Å². The van der Waals surface area contributed by atoms with Crippen molar-refractivity contribution in [3.05, 3.63) is 59.1 Å². The minimum absolute atomic E-state index is 0. The maximum Gasteiger partial charge on any atom is 0.119 e. The summed E-state index contributed by atoms with van der Waals surface area (Å²) in [7, 11) is 1.66. The van der Waals surface area contributed by atoms with Crippen molar-refractivity contribution in [3.63, 3.8) is 0 Å². The SMILES string of the molecule is COc1ccc(NCc2ccc(Cl)cc2)cc1.Cl. The van der Waals surface area contributed by atoms with Crippen LogP contribution in [0.5, 0.6) is 5.75 Å². The Balaban J connectivity index is 0.00000162. The van der Waals surface area contributed by atoms with Crippen LogP contribution in [-0.2, 0) is 6.54 Å². The van der Waals surface area contributed by atoms with Gasteiger partial charge in [-0.3, -0.25) is 0 Å². The number of rotatable bonds is 4. The summed E-state index contributed by atoms with van der Waals surface area (Å²) >= 11 is 5.83. The Hall–Kier alpha value is -1.38. The van der Waals surface area contributed by atoms with Crippen molar-refractivity contribution in [1.29, 1.82) is 0 Å². The molecule has 96 valence electrons. The zero-order valence-corrected chi connectivity index (χ0v) is 11.6. The number of benzene rings is 2. The number of hydrogen-bond donors (Lipinski definition) is 1. The molecule has 0 radical (unpaired) electrons. The van der Waals surface area contributed by atoms with E-state index in [-0.39, 0.29) is 12.4 Å². The van der Waals surface area contributed by atoms with Crippen LogP contribution in [0.15, 0.2) is 48.5 Å². The summed E-state index contributed by atoms with van der Waals surface area (Å²) in [5.41, 5.74) is 2.27. The van der Waals surface area contributed by atoms with E-state index < -0.39 is 0 Å². The molecule has 0 aliphatic heterocycles. The molecule has 0 unspecified atom stereocenters. The molecule has 2 aromatic carbocycles. The summed E-state index contributed by atoms with van der Waals surface area (Å²) < 4.78 is 5.10. The number of ether oxygens (including phenoxy) is 1. The Bertz CT molecular complexity index is 468. The summed E-state index contributed by atoms with van der Waals surface area (Å²) in [6.45, 7) is 0.781. The minimum Gasteiger partial charge on any atom is -0.497 e. The van der Waals surface area contributed by atoms with E-state index in [0.717, 1.165) is 23.0 Å². The van der Waals surface area contributed by atoms with Gasteiger partial charge in [-0.2, -0.15) is 0 Å². The van der Waals surface area contributed by atoms with E-state index >= 15 is 0 Å². The third kappa shape index (κ3) is 4.13. The van der Waals surface area contributed by atoms with Gasteiger partial charge >= 0.3 is 0 Å². The molecule has 0 aromatic heterocycles. The predicted octanol–water partition coefficient (Wildman–Crippen LogP) is 4.38. The van der Waals surface area contributed by atoms with Crippen LogP contribution >= 0.6 is 24.0 Å². The van der Waals surface area contributed by atoms with E-state index in [2.05, 4.69) is 5.32 Å². The maximum atomic E-state index is 5.83. The van der Waals surface area contributed by atoms with Gasteiger partial charge < -0.3 is 10.1 Å². The van der Waals surface area contributed by atoms with E-state index in [9.17, 15) is 0 Å². The average Bonchev–Trinajstić information content (AvgIpc) is 2.39. The Kier molecular flexibility index (Phi) is 5.83. The van der Waals surface area contributed by atoms with Gasteiger partial charge in [0.25, 0.3) is 0 Å². The fourth-order valence-electron chi connectivity index (χ4n) is 1.52. The lowest BCUT2D eigenvalue weighted by Crippen LogP contribution is -1.98. The van der Waals surface area contributed by atoms with E-state index in [1.54, 1.807) is 7.11 Å². The first kappa shape index (κ1) is 14.7.